The van der Waals surface area contributed by atoms with Gasteiger partial charge in [0.15, 0.2) is 0 Å². The molecular weight excluding hydrogens is 164 g/mol. The third-order valence-corrected chi connectivity index (χ3v) is 4.74. The maximum absolute atomic E-state index is 10.9. The Bertz CT molecular complexity index is 230. The summed E-state index contributed by atoms with van der Waals surface area (Å²) in [5.41, 5.74) is 0. The van der Waals surface area contributed by atoms with E-state index in [1.165, 1.54) is 19.3 Å². The van der Waals surface area contributed by atoms with Crippen molar-refractivity contribution in [1.29, 1.82) is 0 Å². The molecule has 2 bridgehead atoms. The topological polar surface area (TPSA) is 37.3 Å². The van der Waals surface area contributed by atoms with E-state index in [1.54, 1.807) is 0 Å². The lowest BCUT2D eigenvalue weighted by molar-refractivity contribution is -0.141. The average Bonchev–Trinajstić information content (AvgIpc) is 2.76. The zero-order chi connectivity index (χ0) is 9.00. The van der Waals surface area contributed by atoms with Crippen molar-refractivity contribution in [2.75, 3.05) is 0 Å². The summed E-state index contributed by atoms with van der Waals surface area (Å²) in [4.78, 5) is 10.9. The summed E-state index contributed by atoms with van der Waals surface area (Å²) in [6.45, 7) is 0. The first kappa shape index (κ1) is 7.84. The van der Waals surface area contributed by atoms with Crippen molar-refractivity contribution < 1.29 is 9.90 Å². The van der Waals surface area contributed by atoms with Gasteiger partial charge < -0.3 is 5.11 Å². The Labute approximate surface area is 78.3 Å². The fourth-order valence-corrected chi connectivity index (χ4v) is 4.22. The first-order valence-electron chi connectivity index (χ1n) is 5.48. The second-order valence-electron chi connectivity index (χ2n) is 5.17. The molecular formula is C11H16O2. The van der Waals surface area contributed by atoms with Crippen LogP contribution in [-0.2, 0) is 4.79 Å². The zero-order valence-corrected chi connectivity index (χ0v) is 7.78. The molecule has 1 N–H and O–H groups in total. The smallest absolute Gasteiger partial charge is 0.306 e. The lowest BCUT2D eigenvalue weighted by atomic mass is 9.82. The fourth-order valence-electron chi connectivity index (χ4n) is 4.22. The predicted molar refractivity (Wildman–Crippen MR) is 48.2 cm³/mol. The third kappa shape index (κ3) is 0.976. The Morgan fingerprint density at radius 3 is 2.00 bits per heavy atom. The van der Waals surface area contributed by atoms with Crippen LogP contribution in [0.3, 0.4) is 0 Å². The highest BCUT2D eigenvalue weighted by atomic mass is 16.4. The van der Waals surface area contributed by atoms with E-state index in [4.69, 9.17) is 5.11 Å². The van der Waals surface area contributed by atoms with Gasteiger partial charge in [0.25, 0.3) is 0 Å². The highest BCUT2D eigenvalue weighted by Gasteiger charge is 2.53. The minimum Gasteiger partial charge on any atom is -0.481 e. The van der Waals surface area contributed by atoms with E-state index in [-0.39, 0.29) is 5.92 Å². The quantitative estimate of drug-likeness (QED) is 0.671. The van der Waals surface area contributed by atoms with Crippen LogP contribution >= 0.6 is 0 Å². The maximum Gasteiger partial charge on any atom is 0.306 e. The monoisotopic (exact) mass is 180 g/mol. The number of carboxylic acids is 1. The fraction of sp³-hybridized carbons (Fsp3) is 0.909. The van der Waals surface area contributed by atoms with Gasteiger partial charge in [0, 0.05) is 0 Å². The average molecular weight is 180 g/mol. The van der Waals surface area contributed by atoms with Crippen molar-refractivity contribution in [1.82, 2.24) is 0 Å². The molecule has 3 aliphatic rings. The number of carbonyl (C=O) groups is 1. The van der Waals surface area contributed by atoms with Crippen LogP contribution < -0.4 is 0 Å². The van der Waals surface area contributed by atoms with Crippen molar-refractivity contribution in [2.24, 2.45) is 29.6 Å². The molecule has 5 atom stereocenters. The Hall–Kier alpha value is -0.530. The standard InChI is InChI=1S/C11H16O2/c12-11(13)8-4-9-6-1-2-7(3-6)10(9)5-8/h6-10H,1-5H2,(H,12,13)/t6-,7+,8?,9-,10-/m1/s1. The molecule has 0 saturated heterocycles. The van der Waals surface area contributed by atoms with Crippen LogP contribution in [-0.4, -0.2) is 11.1 Å². The summed E-state index contributed by atoms with van der Waals surface area (Å²) in [6, 6.07) is 0. The molecule has 3 saturated carbocycles. The molecule has 0 aromatic rings. The minimum absolute atomic E-state index is 0.00148. The molecule has 1 unspecified atom stereocenters. The normalized spacial score (nSPS) is 52.5. The first-order valence-corrected chi connectivity index (χ1v) is 5.48. The molecule has 72 valence electrons. The highest BCUT2D eigenvalue weighted by Crippen LogP contribution is 2.59. The Morgan fingerprint density at radius 2 is 1.54 bits per heavy atom. The van der Waals surface area contributed by atoms with E-state index in [1.807, 2.05) is 0 Å². The van der Waals surface area contributed by atoms with Gasteiger partial charge in [0.1, 0.15) is 0 Å². The van der Waals surface area contributed by atoms with Gasteiger partial charge in [0.2, 0.25) is 0 Å². The van der Waals surface area contributed by atoms with Crippen molar-refractivity contribution in [3.63, 3.8) is 0 Å². The minimum atomic E-state index is -0.547. The van der Waals surface area contributed by atoms with Gasteiger partial charge >= 0.3 is 5.97 Å². The summed E-state index contributed by atoms with van der Waals surface area (Å²) in [5, 5.41) is 8.96. The molecule has 0 aliphatic heterocycles. The van der Waals surface area contributed by atoms with Crippen LogP contribution in [0.1, 0.15) is 32.1 Å². The number of hydrogen-bond acceptors (Lipinski definition) is 1. The van der Waals surface area contributed by atoms with Crippen LogP contribution in [0.4, 0.5) is 0 Å². The number of fused-ring (bicyclic) bond motifs is 5. The summed E-state index contributed by atoms with van der Waals surface area (Å²) in [7, 11) is 0. The van der Waals surface area contributed by atoms with E-state index in [0.717, 1.165) is 36.5 Å². The predicted octanol–water partition coefficient (Wildman–Crippen LogP) is 2.14. The second-order valence-corrected chi connectivity index (χ2v) is 5.17. The third-order valence-electron chi connectivity index (χ3n) is 4.74. The van der Waals surface area contributed by atoms with Gasteiger partial charge in [-0.25, -0.2) is 0 Å². The molecule has 0 aromatic carbocycles. The van der Waals surface area contributed by atoms with Crippen molar-refractivity contribution in [3.8, 4) is 0 Å². The van der Waals surface area contributed by atoms with Crippen LogP contribution in [0, 0.1) is 29.6 Å². The number of hydrogen-bond donors (Lipinski definition) is 1. The van der Waals surface area contributed by atoms with Gasteiger partial charge in [-0.1, -0.05) is 0 Å². The lowest BCUT2D eigenvalue weighted by Gasteiger charge is -2.23. The number of aliphatic carboxylic acids is 1. The lowest BCUT2D eigenvalue weighted by Crippen LogP contribution is -2.15. The van der Waals surface area contributed by atoms with Gasteiger partial charge in [-0.15, -0.1) is 0 Å². The highest BCUT2D eigenvalue weighted by molar-refractivity contribution is 5.70. The molecule has 2 heteroatoms. The number of carboxylic acid groups (broad SMARTS) is 1. The van der Waals surface area contributed by atoms with E-state index in [0.29, 0.717) is 0 Å². The molecule has 2 nitrogen and oxygen atoms in total. The molecule has 0 amide bonds. The molecule has 0 aromatic heterocycles. The van der Waals surface area contributed by atoms with Gasteiger partial charge in [-0.05, 0) is 55.8 Å². The largest absolute Gasteiger partial charge is 0.481 e. The molecule has 3 aliphatic carbocycles. The Morgan fingerprint density at radius 1 is 1.00 bits per heavy atom. The summed E-state index contributed by atoms with van der Waals surface area (Å²) >= 11 is 0. The van der Waals surface area contributed by atoms with Gasteiger partial charge in [-0.3, -0.25) is 4.79 Å². The van der Waals surface area contributed by atoms with Crippen molar-refractivity contribution >= 4 is 5.97 Å². The summed E-state index contributed by atoms with van der Waals surface area (Å²) < 4.78 is 0. The summed E-state index contributed by atoms with van der Waals surface area (Å²) in [6.07, 6.45) is 6.17. The molecule has 0 heterocycles. The van der Waals surface area contributed by atoms with E-state index < -0.39 is 5.97 Å². The molecule has 3 rings (SSSR count). The van der Waals surface area contributed by atoms with Gasteiger partial charge in [0.05, 0.1) is 5.92 Å². The van der Waals surface area contributed by atoms with E-state index >= 15 is 0 Å². The second kappa shape index (κ2) is 2.49. The van der Waals surface area contributed by atoms with Crippen LogP contribution in [0.25, 0.3) is 0 Å². The maximum atomic E-state index is 10.9. The first-order chi connectivity index (χ1) is 6.25. The van der Waals surface area contributed by atoms with E-state index in [2.05, 4.69) is 0 Å². The summed E-state index contributed by atoms with van der Waals surface area (Å²) in [5.74, 6) is 2.84. The van der Waals surface area contributed by atoms with Crippen LogP contribution in [0.15, 0.2) is 0 Å². The van der Waals surface area contributed by atoms with Crippen LogP contribution in [0.2, 0.25) is 0 Å². The van der Waals surface area contributed by atoms with Crippen molar-refractivity contribution in [3.05, 3.63) is 0 Å². The molecule has 0 spiro atoms. The SMILES string of the molecule is O=C(O)C1C[C@@H]2[C@@H]3CC[C@@H](C3)[C@H]2C1. The number of rotatable bonds is 1. The molecule has 0 radical (unpaired) electrons. The Balaban J connectivity index is 1.79. The molecule has 3 fully saturated rings. The van der Waals surface area contributed by atoms with E-state index in [9.17, 15) is 4.79 Å². The van der Waals surface area contributed by atoms with Gasteiger partial charge in [-0.2, -0.15) is 0 Å². The zero-order valence-electron chi connectivity index (χ0n) is 7.78. The molecule has 13 heavy (non-hydrogen) atoms. The van der Waals surface area contributed by atoms with Crippen LogP contribution in [0.5, 0.6) is 0 Å². The Kier molecular flexibility index (Phi) is 1.50. The van der Waals surface area contributed by atoms with Crippen molar-refractivity contribution in [2.45, 2.75) is 32.1 Å².